The van der Waals surface area contributed by atoms with Crippen LogP contribution in [0.5, 0.6) is 0 Å². The molecule has 0 spiro atoms. The molecule has 2 aliphatic rings. The van der Waals surface area contributed by atoms with Crippen LogP contribution in [0.25, 0.3) is 27.8 Å². The van der Waals surface area contributed by atoms with Crippen molar-refractivity contribution in [1.29, 1.82) is 0 Å². The van der Waals surface area contributed by atoms with Crippen LogP contribution in [0.2, 0.25) is 0 Å². The van der Waals surface area contributed by atoms with Crippen LogP contribution in [-0.2, 0) is 9.53 Å². The van der Waals surface area contributed by atoms with Crippen LogP contribution in [0.1, 0.15) is 89.3 Å². The number of benzene rings is 1. The molecule has 2 fully saturated rings. The molecule has 224 valence electrons. The van der Waals surface area contributed by atoms with Crippen LogP contribution in [0.4, 0.5) is 0 Å². The number of nitrogens with zero attached hydrogens (tertiary/aromatic N) is 6. The molecule has 0 aliphatic carbocycles. The van der Waals surface area contributed by atoms with E-state index in [4.69, 9.17) is 4.74 Å². The molecule has 5 heterocycles. The van der Waals surface area contributed by atoms with Gasteiger partial charge < -0.3 is 14.6 Å². The van der Waals surface area contributed by atoms with Gasteiger partial charge in [-0.05, 0) is 105 Å². The predicted molar refractivity (Wildman–Crippen MR) is 166 cm³/mol. The van der Waals surface area contributed by atoms with Crippen LogP contribution in [0.15, 0.2) is 30.5 Å². The fourth-order valence-electron chi connectivity index (χ4n) is 7.43. The highest BCUT2D eigenvalue weighted by Gasteiger charge is 2.38. The second-order valence-electron chi connectivity index (χ2n) is 14.0. The number of H-pyrrole nitrogens is 1. The highest BCUT2D eigenvalue weighted by Crippen LogP contribution is 2.39. The first kappa shape index (κ1) is 28.8. The van der Waals surface area contributed by atoms with E-state index < -0.39 is 0 Å². The molecule has 0 atom stereocenters. The number of nitrogens with one attached hydrogen (secondary N) is 1. The number of fused-ring (bicyclic) bond motifs is 2. The molecule has 0 saturated carbocycles. The Bertz CT molecular complexity index is 1590. The topological polar surface area (TPSA) is 91.7 Å². The van der Waals surface area contributed by atoms with E-state index >= 15 is 0 Å². The van der Waals surface area contributed by atoms with Crippen molar-refractivity contribution in [2.75, 3.05) is 32.7 Å². The van der Waals surface area contributed by atoms with E-state index in [2.05, 4.69) is 96.1 Å². The first-order valence-corrected chi connectivity index (χ1v) is 15.4. The van der Waals surface area contributed by atoms with Gasteiger partial charge in [-0.3, -0.25) is 9.69 Å². The fraction of sp³-hybridized carbons (Fsp3) is 0.576. The zero-order chi connectivity index (χ0) is 29.8. The molecule has 0 bridgehead atoms. The maximum absolute atomic E-state index is 13.2. The number of carbonyl (C=O) groups excluding carboxylic acids is 1. The Labute approximate surface area is 248 Å². The second-order valence-corrected chi connectivity index (χ2v) is 14.0. The number of aromatic amines is 1. The van der Waals surface area contributed by atoms with Crippen LogP contribution in [0.3, 0.4) is 0 Å². The molecule has 1 amide bonds. The van der Waals surface area contributed by atoms with Crippen LogP contribution in [-0.4, -0.2) is 84.7 Å². The fourth-order valence-corrected chi connectivity index (χ4v) is 7.43. The summed E-state index contributed by atoms with van der Waals surface area (Å²) in [4.78, 5) is 21.4. The molecule has 9 heteroatoms. The lowest BCUT2D eigenvalue weighted by Gasteiger charge is -2.47. The Morgan fingerprint density at radius 1 is 1.10 bits per heavy atom. The molecular weight excluding hydrogens is 526 g/mol. The van der Waals surface area contributed by atoms with E-state index in [1.54, 1.807) is 4.52 Å². The number of pyridine rings is 1. The minimum Gasteiger partial charge on any atom is -0.367 e. The zero-order valence-electron chi connectivity index (χ0n) is 26.2. The van der Waals surface area contributed by atoms with Crippen molar-refractivity contribution in [3.63, 3.8) is 0 Å². The lowest BCUT2D eigenvalue weighted by atomic mass is 9.87. The number of tetrazole rings is 1. The van der Waals surface area contributed by atoms with E-state index in [9.17, 15) is 4.79 Å². The number of ether oxygens (including phenoxy) is 1. The number of piperidine rings is 1. The Hall–Kier alpha value is -3.30. The molecule has 6 rings (SSSR count). The molecule has 1 N–H and O–H groups in total. The number of aromatic nitrogens is 5. The Morgan fingerprint density at radius 3 is 2.50 bits per heavy atom. The minimum absolute atomic E-state index is 0.193. The summed E-state index contributed by atoms with van der Waals surface area (Å²) in [5, 5.41) is 13.4. The van der Waals surface area contributed by atoms with Gasteiger partial charge in [0.05, 0.1) is 16.9 Å². The molecule has 1 aromatic carbocycles. The third kappa shape index (κ3) is 5.69. The van der Waals surface area contributed by atoms with E-state index in [1.807, 2.05) is 13.1 Å². The van der Waals surface area contributed by atoms with E-state index in [1.165, 1.54) is 16.5 Å². The van der Waals surface area contributed by atoms with Crippen LogP contribution in [0, 0.1) is 6.92 Å². The highest BCUT2D eigenvalue weighted by atomic mass is 16.5. The lowest BCUT2D eigenvalue weighted by Crippen LogP contribution is -2.57. The largest absolute Gasteiger partial charge is 0.367 e. The Kier molecular flexibility index (Phi) is 7.38. The number of likely N-dealkylation sites (tertiary alicyclic amines) is 1. The number of carbonyl (C=O) groups is 1. The van der Waals surface area contributed by atoms with Crippen molar-refractivity contribution in [2.24, 2.45) is 0 Å². The predicted octanol–water partition coefficient (Wildman–Crippen LogP) is 5.69. The number of morpholine rings is 1. The van der Waals surface area contributed by atoms with Crippen molar-refractivity contribution in [2.45, 2.75) is 90.8 Å². The third-order valence-corrected chi connectivity index (χ3v) is 8.93. The van der Waals surface area contributed by atoms with E-state index in [0.717, 1.165) is 73.6 Å². The van der Waals surface area contributed by atoms with Crippen LogP contribution < -0.4 is 0 Å². The number of aryl methyl sites for hydroxylation is 1. The number of rotatable bonds is 6. The number of amides is 1. The zero-order valence-corrected chi connectivity index (χ0v) is 26.2. The second kappa shape index (κ2) is 10.8. The van der Waals surface area contributed by atoms with Gasteiger partial charge >= 0.3 is 0 Å². The summed E-state index contributed by atoms with van der Waals surface area (Å²) in [6, 6.07) is 9.05. The average molecular weight is 572 g/mol. The van der Waals surface area contributed by atoms with Gasteiger partial charge in [0.25, 0.3) is 0 Å². The van der Waals surface area contributed by atoms with Gasteiger partial charge in [0.1, 0.15) is 0 Å². The van der Waals surface area contributed by atoms with E-state index in [-0.39, 0.29) is 17.1 Å². The number of hydrogen-bond acceptors (Lipinski definition) is 6. The maximum Gasteiger partial charge on any atom is 0.223 e. The van der Waals surface area contributed by atoms with Crippen molar-refractivity contribution in [3.8, 4) is 11.3 Å². The van der Waals surface area contributed by atoms with Gasteiger partial charge in [0.2, 0.25) is 5.91 Å². The van der Waals surface area contributed by atoms with Gasteiger partial charge in [-0.1, -0.05) is 19.9 Å². The average Bonchev–Trinajstić information content (AvgIpc) is 3.55. The normalized spacial score (nSPS) is 19.8. The van der Waals surface area contributed by atoms with Gasteiger partial charge in [-0.2, -0.15) is 4.52 Å². The molecule has 9 nitrogen and oxygen atoms in total. The summed E-state index contributed by atoms with van der Waals surface area (Å²) >= 11 is 0. The van der Waals surface area contributed by atoms with Gasteiger partial charge in [0.15, 0.2) is 5.65 Å². The molecule has 0 radical (unpaired) electrons. The standard InChI is InChI=1S/C33H45N7O2/c1-21(2)29-26-17-24(8-9-27(26)34-30(29)25-16-22(3)31-35-36-37-40(31)18-25)23-10-14-39(15-11-23)28(41)12-13-38-19-32(4,5)42-33(6,7)20-38/h8-9,16-18,21,23,34H,10-15,19-20H2,1-7H3. The van der Waals surface area contributed by atoms with Gasteiger partial charge in [-0.15, -0.1) is 5.10 Å². The molecule has 2 aliphatic heterocycles. The van der Waals surface area contributed by atoms with Crippen molar-refractivity contribution in [1.82, 2.24) is 34.8 Å². The maximum atomic E-state index is 13.2. The molecular formula is C33H45N7O2. The molecule has 42 heavy (non-hydrogen) atoms. The SMILES string of the molecule is Cc1cc(-c2[nH]c3ccc(C4CCN(C(=O)CCN5CC(C)(C)OC(C)(C)C5)CC4)cc3c2C(C)C)cn2nnnc12. The molecule has 4 aromatic rings. The van der Waals surface area contributed by atoms with Crippen LogP contribution >= 0.6 is 0 Å². The van der Waals surface area contributed by atoms with Crippen molar-refractivity contribution < 1.29 is 9.53 Å². The summed E-state index contributed by atoms with van der Waals surface area (Å²) in [5.41, 5.74) is 7.49. The highest BCUT2D eigenvalue weighted by molar-refractivity contribution is 5.92. The smallest absolute Gasteiger partial charge is 0.223 e. The first-order valence-electron chi connectivity index (χ1n) is 15.4. The summed E-state index contributed by atoms with van der Waals surface area (Å²) in [6.07, 6.45) is 4.58. The third-order valence-electron chi connectivity index (χ3n) is 8.93. The quantitative estimate of drug-likeness (QED) is 0.320. The number of hydrogen-bond donors (Lipinski definition) is 1. The Balaban J connectivity index is 1.14. The monoisotopic (exact) mass is 571 g/mol. The van der Waals surface area contributed by atoms with Crippen molar-refractivity contribution >= 4 is 22.5 Å². The molecule has 2 saturated heterocycles. The molecule has 3 aromatic heterocycles. The summed E-state index contributed by atoms with van der Waals surface area (Å²) in [5.74, 6) is 1.08. The summed E-state index contributed by atoms with van der Waals surface area (Å²) < 4.78 is 7.96. The Morgan fingerprint density at radius 2 is 1.81 bits per heavy atom. The lowest BCUT2D eigenvalue weighted by molar-refractivity contribution is -0.181. The first-order chi connectivity index (χ1) is 19.9. The van der Waals surface area contributed by atoms with E-state index in [0.29, 0.717) is 18.3 Å². The summed E-state index contributed by atoms with van der Waals surface area (Å²) in [6.45, 7) is 19.3. The summed E-state index contributed by atoms with van der Waals surface area (Å²) in [7, 11) is 0. The molecule has 0 unspecified atom stereocenters. The minimum atomic E-state index is -0.193. The van der Waals surface area contributed by atoms with Gasteiger partial charge in [-0.25, -0.2) is 0 Å². The van der Waals surface area contributed by atoms with Crippen molar-refractivity contribution in [3.05, 3.63) is 47.2 Å². The van der Waals surface area contributed by atoms with Gasteiger partial charge in [0, 0.05) is 61.8 Å².